The van der Waals surface area contributed by atoms with Crippen molar-refractivity contribution >= 4 is 17.5 Å². The molecule has 5 nitrogen and oxygen atoms in total. The van der Waals surface area contributed by atoms with E-state index in [-0.39, 0.29) is 29.6 Å². The molecule has 0 aliphatic carbocycles. The third kappa shape index (κ3) is 3.83. The van der Waals surface area contributed by atoms with Crippen LogP contribution >= 0.6 is 11.6 Å². The zero-order valence-electron chi connectivity index (χ0n) is 10.4. The molecule has 1 amide bonds. The molecular weight excluding hydrogens is 268 g/mol. The zero-order valence-corrected chi connectivity index (χ0v) is 11.2. The van der Waals surface area contributed by atoms with E-state index >= 15 is 0 Å². The largest absolute Gasteiger partial charge is 0.506 e. The van der Waals surface area contributed by atoms with Crippen LogP contribution in [0.5, 0.6) is 5.75 Å². The summed E-state index contributed by atoms with van der Waals surface area (Å²) in [6, 6.07) is 4.66. The molecule has 4 N–H and O–H groups in total. The highest BCUT2D eigenvalue weighted by molar-refractivity contribution is 6.32. The van der Waals surface area contributed by atoms with Gasteiger partial charge in [0.25, 0.3) is 0 Å². The number of aliphatic hydroxyl groups is 1. The van der Waals surface area contributed by atoms with Gasteiger partial charge in [0.2, 0.25) is 5.91 Å². The van der Waals surface area contributed by atoms with Crippen LogP contribution in [-0.2, 0) is 11.2 Å². The van der Waals surface area contributed by atoms with Crippen LogP contribution in [0, 0.1) is 0 Å². The van der Waals surface area contributed by atoms with Crippen LogP contribution < -0.4 is 10.6 Å². The van der Waals surface area contributed by atoms with Gasteiger partial charge >= 0.3 is 0 Å². The molecule has 0 aromatic heterocycles. The minimum atomic E-state index is -0.845. The maximum Gasteiger partial charge on any atom is 0.224 e. The van der Waals surface area contributed by atoms with Gasteiger partial charge in [0.05, 0.1) is 17.0 Å². The van der Waals surface area contributed by atoms with E-state index in [1.54, 1.807) is 12.1 Å². The van der Waals surface area contributed by atoms with E-state index in [1.807, 2.05) is 0 Å². The van der Waals surface area contributed by atoms with Crippen molar-refractivity contribution in [3.05, 3.63) is 28.8 Å². The van der Waals surface area contributed by atoms with Gasteiger partial charge in [-0.1, -0.05) is 17.7 Å². The number of phenolic OH excluding ortho intramolecular Hbond substituents is 1. The second-order valence-corrected chi connectivity index (χ2v) is 5.30. The summed E-state index contributed by atoms with van der Waals surface area (Å²) in [6.07, 6.45) is 0.807. The SMILES string of the molecule is O=C(Cc1ccc(O)c(Cl)c1)NC[C@]1(O)CCNC1. The lowest BCUT2D eigenvalue weighted by atomic mass is 10.0. The van der Waals surface area contributed by atoms with Crippen LogP contribution in [0.4, 0.5) is 0 Å². The van der Waals surface area contributed by atoms with Crippen LogP contribution in [0.25, 0.3) is 0 Å². The van der Waals surface area contributed by atoms with E-state index in [0.29, 0.717) is 13.0 Å². The van der Waals surface area contributed by atoms with E-state index in [0.717, 1.165) is 12.1 Å². The highest BCUT2D eigenvalue weighted by atomic mass is 35.5. The van der Waals surface area contributed by atoms with E-state index < -0.39 is 5.60 Å². The molecule has 0 bridgehead atoms. The Morgan fingerprint density at radius 1 is 1.53 bits per heavy atom. The van der Waals surface area contributed by atoms with Crippen molar-refractivity contribution in [1.82, 2.24) is 10.6 Å². The molecule has 0 spiro atoms. The lowest BCUT2D eigenvalue weighted by Crippen LogP contribution is -2.44. The number of amides is 1. The summed E-state index contributed by atoms with van der Waals surface area (Å²) < 4.78 is 0. The van der Waals surface area contributed by atoms with Gasteiger partial charge in [-0.15, -0.1) is 0 Å². The average Bonchev–Trinajstić information content (AvgIpc) is 2.79. The Morgan fingerprint density at radius 2 is 2.32 bits per heavy atom. The quantitative estimate of drug-likeness (QED) is 0.646. The molecule has 1 aliphatic heterocycles. The molecule has 1 aromatic carbocycles. The zero-order chi connectivity index (χ0) is 13.9. The Bertz CT molecular complexity index is 473. The lowest BCUT2D eigenvalue weighted by Gasteiger charge is -2.21. The minimum Gasteiger partial charge on any atom is -0.506 e. The summed E-state index contributed by atoms with van der Waals surface area (Å²) in [5.74, 6) is -0.181. The second-order valence-electron chi connectivity index (χ2n) is 4.89. The summed E-state index contributed by atoms with van der Waals surface area (Å²) in [7, 11) is 0. The monoisotopic (exact) mass is 284 g/mol. The first kappa shape index (κ1) is 14.1. The molecule has 1 aromatic rings. The van der Waals surface area contributed by atoms with Crippen LogP contribution in [0.15, 0.2) is 18.2 Å². The molecule has 1 saturated heterocycles. The van der Waals surface area contributed by atoms with Crippen molar-refractivity contribution in [2.75, 3.05) is 19.6 Å². The Kier molecular flexibility index (Phi) is 4.29. The van der Waals surface area contributed by atoms with Crippen molar-refractivity contribution in [1.29, 1.82) is 0 Å². The fourth-order valence-corrected chi connectivity index (χ4v) is 2.26. The summed E-state index contributed by atoms with van der Waals surface area (Å²) in [4.78, 5) is 11.8. The molecule has 1 heterocycles. The van der Waals surface area contributed by atoms with Crippen molar-refractivity contribution < 1.29 is 15.0 Å². The van der Waals surface area contributed by atoms with Gasteiger partial charge in [-0.3, -0.25) is 4.79 Å². The Labute approximate surface area is 116 Å². The number of nitrogens with one attached hydrogen (secondary N) is 2. The Hall–Kier alpha value is -1.30. The number of carbonyl (C=O) groups is 1. The number of phenols is 1. The molecule has 0 unspecified atom stereocenters. The number of hydrogen-bond acceptors (Lipinski definition) is 4. The summed E-state index contributed by atoms with van der Waals surface area (Å²) in [5, 5.41) is 25.3. The van der Waals surface area contributed by atoms with Gasteiger partial charge in [0, 0.05) is 13.1 Å². The highest BCUT2D eigenvalue weighted by Crippen LogP contribution is 2.23. The molecule has 1 atom stereocenters. The molecule has 104 valence electrons. The van der Waals surface area contributed by atoms with E-state index in [1.165, 1.54) is 6.07 Å². The average molecular weight is 285 g/mol. The van der Waals surface area contributed by atoms with Crippen LogP contribution in [0.3, 0.4) is 0 Å². The number of rotatable bonds is 4. The lowest BCUT2D eigenvalue weighted by molar-refractivity contribution is -0.121. The number of carbonyl (C=O) groups excluding carboxylic acids is 1. The molecule has 0 radical (unpaired) electrons. The van der Waals surface area contributed by atoms with Gasteiger partial charge in [-0.05, 0) is 30.7 Å². The standard InChI is InChI=1S/C13H17ClN2O3/c14-10-5-9(1-2-11(10)17)6-12(18)16-8-13(19)3-4-15-7-13/h1-2,5,15,17,19H,3-4,6-8H2,(H,16,18)/t13-/m0/s1. The Morgan fingerprint density at radius 3 is 2.95 bits per heavy atom. The van der Waals surface area contributed by atoms with Gasteiger partial charge < -0.3 is 20.8 Å². The van der Waals surface area contributed by atoms with E-state index in [4.69, 9.17) is 11.6 Å². The van der Waals surface area contributed by atoms with E-state index in [9.17, 15) is 15.0 Å². The van der Waals surface area contributed by atoms with Gasteiger partial charge in [-0.2, -0.15) is 0 Å². The highest BCUT2D eigenvalue weighted by Gasteiger charge is 2.31. The third-order valence-electron chi connectivity index (χ3n) is 3.21. The number of β-amino-alcohol motifs (C(OH)–C–C–N with tert-alkyl or cyclic N) is 1. The predicted molar refractivity (Wildman–Crippen MR) is 72.3 cm³/mol. The van der Waals surface area contributed by atoms with Gasteiger partial charge in [-0.25, -0.2) is 0 Å². The fraction of sp³-hybridized carbons (Fsp3) is 0.462. The molecule has 1 aliphatic rings. The third-order valence-corrected chi connectivity index (χ3v) is 3.52. The fourth-order valence-electron chi connectivity index (χ4n) is 2.05. The normalized spacial score (nSPS) is 22.4. The van der Waals surface area contributed by atoms with E-state index in [2.05, 4.69) is 10.6 Å². The van der Waals surface area contributed by atoms with Crippen molar-refractivity contribution in [2.24, 2.45) is 0 Å². The van der Waals surface area contributed by atoms with Crippen LogP contribution in [0.1, 0.15) is 12.0 Å². The number of benzene rings is 1. The molecular formula is C13H17ClN2O3. The number of aromatic hydroxyl groups is 1. The van der Waals surface area contributed by atoms with Crippen molar-refractivity contribution in [3.63, 3.8) is 0 Å². The van der Waals surface area contributed by atoms with Crippen molar-refractivity contribution in [2.45, 2.75) is 18.4 Å². The summed E-state index contributed by atoms with van der Waals surface area (Å²) in [5.41, 5.74) is -0.126. The number of hydrogen-bond donors (Lipinski definition) is 4. The molecule has 19 heavy (non-hydrogen) atoms. The number of halogens is 1. The summed E-state index contributed by atoms with van der Waals surface area (Å²) in [6.45, 7) is 1.50. The maximum absolute atomic E-state index is 11.8. The van der Waals surface area contributed by atoms with Crippen LogP contribution in [0.2, 0.25) is 5.02 Å². The first-order chi connectivity index (χ1) is 8.98. The molecule has 2 rings (SSSR count). The molecule has 6 heteroatoms. The predicted octanol–water partition coefficient (Wildman–Crippen LogP) is 0.429. The summed E-state index contributed by atoms with van der Waals surface area (Å²) >= 11 is 5.77. The first-order valence-electron chi connectivity index (χ1n) is 6.16. The van der Waals surface area contributed by atoms with Gasteiger partial charge in [0.1, 0.15) is 5.75 Å². The second kappa shape index (κ2) is 5.77. The maximum atomic E-state index is 11.8. The first-order valence-corrected chi connectivity index (χ1v) is 6.53. The van der Waals surface area contributed by atoms with Gasteiger partial charge in [0.15, 0.2) is 0 Å². The minimum absolute atomic E-state index is 0.00262. The van der Waals surface area contributed by atoms with Crippen molar-refractivity contribution in [3.8, 4) is 5.75 Å². The Balaban J connectivity index is 1.85. The smallest absolute Gasteiger partial charge is 0.224 e. The molecule has 0 saturated carbocycles. The van der Waals surface area contributed by atoms with Crippen LogP contribution in [-0.4, -0.2) is 41.4 Å². The topological polar surface area (TPSA) is 81.6 Å². The molecule has 1 fully saturated rings.